The number of aromatic nitrogens is 1. The van der Waals surface area contributed by atoms with Crippen LogP contribution in [0.1, 0.15) is 5.56 Å². The van der Waals surface area contributed by atoms with Crippen molar-refractivity contribution >= 4 is 11.7 Å². The number of carbonyl (C=O) groups is 1. The van der Waals surface area contributed by atoms with Gasteiger partial charge in [0, 0.05) is 52.2 Å². The lowest BCUT2D eigenvalue weighted by molar-refractivity contribution is 0.160. The van der Waals surface area contributed by atoms with Crippen molar-refractivity contribution in [3.63, 3.8) is 0 Å². The molecule has 6 nitrogen and oxygen atoms in total. The number of likely N-dealkylation sites (N-methyl/N-ethyl adjacent to an activating group) is 1. The number of carbonyl (C=O) groups excluding carboxylic acids is 1. The summed E-state index contributed by atoms with van der Waals surface area (Å²) in [4.78, 5) is 22.7. The second kappa shape index (κ2) is 8.56. The maximum Gasteiger partial charge on any atom is 0.319 e. The average molecular weight is 354 g/mol. The van der Waals surface area contributed by atoms with Crippen LogP contribution >= 0.6 is 0 Å². The first kappa shape index (κ1) is 18.0. The molecule has 2 amide bonds. The standard InChI is InChI=1S/C20H26N4O2/c1-22(12-9-17-7-10-21-11-8-17)20(25)24-15-13-23(14-16-24)18-5-3-4-6-19(18)26-2/h3-8,10-11H,9,12-16H2,1-2H3. The average Bonchev–Trinajstić information content (AvgIpc) is 2.72. The van der Waals surface area contributed by atoms with Crippen LogP contribution in [0.4, 0.5) is 10.5 Å². The smallest absolute Gasteiger partial charge is 0.319 e. The third-order valence-corrected chi connectivity index (χ3v) is 4.79. The highest BCUT2D eigenvalue weighted by molar-refractivity contribution is 5.74. The Morgan fingerprint density at radius 2 is 1.81 bits per heavy atom. The molecule has 6 heteroatoms. The zero-order valence-corrected chi connectivity index (χ0v) is 15.5. The Kier molecular flexibility index (Phi) is 5.94. The van der Waals surface area contributed by atoms with E-state index in [-0.39, 0.29) is 6.03 Å². The first-order valence-corrected chi connectivity index (χ1v) is 8.96. The second-order valence-corrected chi connectivity index (χ2v) is 6.46. The summed E-state index contributed by atoms with van der Waals surface area (Å²) in [5.41, 5.74) is 2.29. The minimum Gasteiger partial charge on any atom is -0.495 e. The van der Waals surface area contributed by atoms with E-state index in [2.05, 4.69) is 16.0 Å². The molecule has 0 bridgehead atoms. The van der Waals surface area contributed by atoms with Crippen LogP contribution in [-0.2, 0) is 6.42 Å². The number of methoxy groups -OCH3 is 1. The SMILES string of the molecule is COc1ccccc1N1CCN(C(=O)N(C)CCc2ccncc2)CC1. The Bertz CT molecular complexity index is 715. The first-order chi connectivity index (χ1) is 12.7. The van der Waals surface area contributed by atoms with Gasteiger partial charge >= 0.3 is 6.03 Å². The molecule has 1 aromatic carbocycles. The van der Waals surface area contributed by atoms with Crippen molar-refractivity contribution in [1.82, 2.24) is 14.8 Å². The number of ether oxygens (including phenoxy) is 1. The highest BCUT2D eigenvalue weighted by atomic mass is 16.5. The van der Waals surface area contributed by atoms with Gasteiger partial charge in [-0.2, -0.15) is 0 Å². The van der Waals surface area contributed by atoms with Gasteiger partial charge in [-0.1, -0.05) is 12.1 Å². The van der Waals surface area contributed by atoms with Crippen molar-refractivity contribution in [2.24, 2.45) is 0 Å². The summed E-state index contributed by atoms with van der Waals surface area (Å²) in [6.07, 6.45) is 4.41. The van der Waals surface area contributed by atoms with Gasteiger partial charge in [0.1, 0.15) is 5.75 Å². The van der Waals surface area contributed by atoms with Crippen LogP contribution < -0.4 is 9.64 Å². The number of nitrogens with zero attached hydrogens (tertiary/aromatic N) is 4. The third-order valence-electron chi connectivity index (χ3n) is 4.79. The monoisotopic (exact) mass is 354 g/mol. The highest BCUT2D eigenvalue weighted by Gasteiger charge is 2.24. The number of pyridine rings is 1. The molecule has 1 aliphatic heterocycles. The number of hydrogen-bond acceptors (Lipinski definition) is 4. The predicted molar refractivity (Wildman–Crippen MR) is 103 cm³/mol. The maximum absolute atomic E-state index is 12.7. The topological polar surface area (TPSA) is 48.9 Å². The summed E-state index contributed by atoms with van der Waals surface area (Å²) >= 11 is 0. The van der Waals surface area contributed by atoms with E-state index < -0.39 is 0 Å². The molecule has 2 heterocycles. The van der Waals surface area contributed by atoms with Crippen molar-refractivity contribution in [2.45, 2.75) is 6.42 Å². The summed E-state index contributed by atoms with van der Waals surface area (Å²) in [5, 5.41) is 0. The van der Waals surface area contributed by atoms with Gasteiger partial charge < -0.3 is 19.4 Å². The lowest BCUT2D eigenvalue weighted by Gasteiger charge is -2.38. The number of amides is 2. The molecule has 0 radical (unpaired) electrons. The quantitative estimate of drug-likeness (QED) is 0.828. The summed E-state index contributed by atoms with van der Waals surface area (Å²) in [5.74, 6) is 0.877. The van der Waals surface area contributed by atoms with E-state index in [4.69, 9.17) is 4.74 Å². The summed E-state index contributed by atoms with van der Waals surface area (Å²) in [6.45, 7) is 3.76. The molecule has 26 heavy (non-hydrogen) atoms. The number of hydrogen-bond donors (Lipinski definition) is 0. The summed E-state index contributed by atoms with van der Waals surface area (Å²) < 4.78 is 5.45. The van der Waals surface area contributed by atoms with Gasteiger partial charge in [0.2, 0.25) is 0 Å². The fourth-order valence-corrected chi connectivity index (χ4v) is 3.21. The van der Waals surface area contributed by atoms with E-state index >= 15 is 0 Å². The molecule has 1 saturated heterocycles. The zero-order chi connectivity index (χ0) is 18.4. The van der Waals surface area contributed by atoms with Crippen LogP contribution in [0.3, 0.4) is 0 Å². The Morgan fingerprint density at radius 1 is 1.12 bits per heavy atom. The number of urea groups is 1. The summed E-state index contributed by atoms with van der Waals surface area (Å²) in [6, 6.07) is 12.1. The Hall–Kier alpha value is -2.76. The first-order valence-electron chi connectivity index (χ1n) is 8.96. The molecular weight excluding hydrogens is 328 g/mol. The molecular formula is C20H26N4O2. The fraction of sp³-hybridized carbons (Fsp3) is 0.400. The second-order valence-electron chi connectivity index (χ2n) is 6.46. The molecule has 138 valence electrons. The minimum atomic E-state index is 0.0960. The van der Waals surface area contributed by atoms with E-state index in [1.54, 1.807) is 24.4 Å². The molecule has 0 atom stereocenters. The fourth-order valence-electron chi connectivity index (χ4n) is 3.21. The maximum atomic E-state index is 12.7. The van der Waals surface area contributed by atoms with Crippen LogP contribution in [0.2, 0.25) is 0 Å². The van der Waals surface area contributed by atoms with E-state index in [1.807, 2.05) is 42.3 Å². The van der Waals surface area contributed by atoms with Crippen molar-refractivity contribution in [3.05, 3.63) is 54.4 Å². The van der Waals surface area contributed by atoms with Gasteiger partial charge in [0.25, 0.3) is 0 Å². The molecule has 1 aromatic heterocycles. The molecule has 0 spiro atoms. The van der Waals surface area contributed by atoms with Crippen LogP contribution in [-0.4, -0.2) is 67.7 Å². The van der Waals surface area contributed by atoms with E-state index in [0.29, 0.717) is 6.54 Å². The van der Waals surface area contributed by atoms with Crippen molar-refractivity contribution in [2.75, 3.05) is 51.8 Å². The number of piperazine rings is 1. The van der Waals surface area contributed by atoms with Crippen molar-refractivity contribution in [1.29, 1.82) is 0 Å². The van der Waals surface area contributed by atoms with Gasteiger partial charge in [-0.3, -0.25) is 4.98 Å². The predicted octanol–water partition coefficient (Wildman–Crippen LogP) is 2.51. The molecule has 3 rings (SSSR count). The highest BCUT2D eigenvalue weighted by Crippen LogP contribution is 2.28. The lowest BCUT2D eigenvalue weighted by Crippen LogP contribution is -2.52. The van der Waals surface area contributed by atoms with Crippen molar-refractivity contribution < 1.29 is 9.53 Å². The van der Waals surface area contributed by atoms with E-state index in [1.165, 1.54) is 5.56 Å². The molecule has 0 aliphatic carbocycles. The Balaban J connectivity index is 1.51. The van der Waals surface area contributed by atoms with Crippen LogP contribution in [0, 0.1) is 0 Å². The van der Waals surface area contributed by atoms with Crippen LogP contribution in [0.15, 0.2) is 48.8 Å². The third kappa shape index (κ3) is 4.25. The van der Waals surface area contributed by atoms with Gasteiger partial charge in [0.15, 0.2) is 0 Å². The number of rotatable bonds is 5. The molecule has 0 unspecified atom stereocenters. The van der Waals surface area contributed by atoms with Crippen LogP contribution in [0.25, 0.3) is 0 Å². The van der Waals surface area contributed by atoms with Gasteiger partial charge in [-0.25, -0.2) is 4.79 Å². The number of anilines is 1. The van der Waals surface area contributed by atoms with Crippen molar-refractivity contribution in [3.8, 4) is 5.75 Å². The molecule has 0 N–H and O–H groups in total. The molecule has 1 aliphatic rings. The minimum absolute atomic E-state index is 0.0960. The van der Waals surface area contributed by atoms with E-state index in [9.17, 15) is 4.79 Å². The Labute approximate surface area is 155 Å². The Morgan fingerprint density at radius 3 is 2.50 bits per heavy atom. The molecule has 1 fully saturated rings. The summed E-state index contributed by atoms with van der Waals surface area (Å²) in [7, 11) is 3.56. The normalized spacial score (nSPS) is 14.2. The van der Waals surface area contributed by atoms with Gasteiger partial charge in [-0.05, 0) is 36.2 Å². The number of para-hydroxylation sites is 2. The van der Waals surface area contributed by atoms with Gasteiger partial charge in [0.05, 0.1) is 12.8 Å². The van der Waals surface area contributed by atoms with Gasteiger partial charge in [-0.15, -0.1) is 0 Å². The largest absolute Gasteiger partial charge is 0.495 e. The zero-order valence-electron chi connectivity index (χ0n) is 15.5. The van der Waals surface area contributed by atoms with Crippen LogP contribution in [0.5, 0.6) is 5.75 Å². The number of benzene rings is 1. The molecule has 0 saturated carbocycles. The lowest BCUT2D eigenvalue weighted by atomic mass is 10.2. The van der Waals surface area contributed by atoms with E-state index in [0.717, 1.165) is 44.0 Å². The molecule has 2 aromatic rings.